The van der Waals surface area contributed by atoms with E-state index in [1.165, 1.54) is 13.2 Å². The Morgan fingerprint density at radius 3 is 3.08 bits per heavy atom. The Balaban J connectivity index is 2.40. The third kappa shape index (κ3) is 2.66. The van der Waals surface area contributed by atoms with Crippen LogP contribution in [0.15, 0.2) is 34.6 Å². The summed E-state index contributed by atoms with van der Waals surface area (Å²) in [5.74, 6) is 0.0120. The molecule has 0 amide bonds. The highest BCUT2D eigenvalue weighted by molar-refractivity contribution is 5.87. The number of esters is 1. The van der Waals surface area contributed by atoms with Gasteiger partial charge in [0.25, 0.3) is 0 Å². The van der Waals surface area contributed by atoms with Crippen molar-refractivity contribution >= 4 is 5.97 Å². The van der Waals surface area contributed by atoms with Crippen LogP contribution < -0.4 is 0 Å². The van der Waals surface area contributed by atoms with E-state index in [0.717, 1.165) is 0 Å². The van der Waals surface area contributed by atoms with Gasteiger partial charge in [0.2, 0.25) is 0 Å². The maximum absolute atomic E-state index is 11.0. The van der Waals surface area contributed by atoms with Crippen LogP contribution in [-0.4, -0.2) is 11.1 Å². The largest absolute Gasteiger partial charge is 0.515 e. The summed E-state index contributed by atoms with van der Waals surface area (Å²) in [6.45, 7) is 1.54. The van der Waals surface area contributed by atoms with Gasteiger partial charge in [-0.3, -0.25) is 0 Å². The van der Waals surface area contributed by atoms with E-state index in [-0.39, 0.29) is 12.2 Å². The van der Waals surface area contributed by atoms with Crippen LogP contribution in [0.1, 0.15) is 12.7 Å². The van der Waals surface area contributed by atoms with Gasteiger partial charge in [0.05, 0.1) is 18.1 Å². The smallest absolute Gasteiger partial charge is 0.337 e. The number of hydrogen-bond acceptors (Lipinski definition) is 4. The second-order valence-electron chi connectivity index (χ2n) is 2.47. The first-order valence-electron chi connectivity index (χ1n) is 3.74. The number of furan rings is 1. The van der Waals surface area contributed by atoms with Crippen molar-refractivity contribution in [3.05, 3.63) is 36.0 Å². The van der Waals surface area contributed by atoms with Crippen LogP contribution in [0.4, 0.5) is 0 Å². The van der Waals surface area contributed by atoms with Crippen molar-refractivity contribution < 1.29 is 19.1 Å². The van der Waals surface area contributed by atoms with Gasteiger partial charge in [-0.2, -0.15) is 0 Å². The molecule has 1 rings (SSSR count). The molecular formula is C9H10O4. The summed E-state index contributed by atoms with van der Waals surface area (Å²) in [6, 6.07) is 3.41. The Bertz CT molecular complexity index is 297. The zero-order valence-corrected chi connectivity index (χ0v) is 7.19. The van der Waals surface area contributed by atoms with Gasteiger partial charge < -0.3 is 14.3 Å². The lowest BCUT2D eigenvalue weighted by molar-refractivity contribution is -0.140. The van der Waals surface area contributed by atoms with Crippen molar-refractivity contribution in [2.75, 3.05) is 0 Å². The van der Waals surface area contributed by atoms with E-state index in [1.54, 1.807) is 12.1 Å². The van der Waals surface area contributed by atoms with Crippen LogP contribution in [-0.2, 0) is 16.1 Å². The van der Waals surface area contributed by atoms with Crippen LogP contribution in [0.3, 0.4) is 0 Å². The lowest BCUT2D eigenvalue weighted by atomic mass is 10.3. The SMILES string of the molecule is CC(=CO)C(=O)OCc1ccco1. The van der Waals surface area contributed by atoms with Crippen LogP contribution in [0.2, 0.25) is 0 Å². The molecule has 1 heterocycles. The fourth-order valence-corrected chi connectivity index (χ4v) is 0.698. The molecule has 0 atom stereocenters. The zero-order chi connectivity index (χ0) is 9.68. The maximum atomic E-state index is 11.0. The molecule has 0 bridgehead atoms. The van der Waals surface area contributed by atoms with Crippen LogP contribution in [0, 0.1) is 0 Å². The van der Waals surface area contributed by atoms with Crippen molar-refractivity contribution in [1.29, 1.82) is 0 Å². The Morgan fingerprint density at radius 2 is 2.54 bits per heavy atom. The van der Waals surface area contributed by atoms with E-state index in [9.17, 15) is 4.79 Å². The standard InChI is InChI=1S/C9H10O4/c1-7(5-10)9(11)13-6-8-3-2-4-12-8/h2-5,10H,6H2,1H3. The first-order valence-corrected chi connectivity index (χ1v) is 3.74. The molecule has 0 fully saturated rings. The Hall–Kier alpha value is -1.71. The topological polar surface area (TPSA) is 59.7 Å². The summed E-state index contributed by atoms with van der Waals surface area (Å²) in [6.07, 6.45) is 2.21. The average Bonchev–Trinajstić information content (AvgIpc) is 2.65. The van der Waals surface area contributed by atoms with Gasteiger partial charge >= 0.3 is 5.97 Å². The summed E-state index contributed by atoms with van der Waals surface area (Å²) in [5.41, 5.74) is 0.159. The van der Waals surface area contributed by atoms with Crippen LogP contribution >= 0.6 is 0 Å². The van der Waals surface area contributed by atoms with Crippen molar-refractivity contribution in [3.63, 3.8) is 0 Å². The minimum atomic E-state index is -0.557. The van der Waals surface area contributed by atoms with Crippen LogP contribution in [0.25, 0.3) is 0 Å². The summed E-state index contributed by atoms with van der Waals surface area (Å²) < 4.78 is 9.72. The normalized spacial score (nSPS) is 11.3. The molecule has 1 aromatic heterocycles. The minimum Gasteiger partial charge on any atom is -0.515 e. The monoisotopic (exact) mass is 182 g/mol. The number of carbonyl (C=O) groups is 1. The second-order valence-corrected chi connectivity index (χ2v) is 2.47. The van der Waals surface area contributed by atoms with E-state index in [4.69, 9.17) is 14.3 Å². The van der Waals surface area contributed by atoms with Gasteiger partial charge in [-0.1, -0.05) is 0 Å². The third-order valence-corrected chi connectivity index (χ3v) is 1.44. The van der Waals surface area contributed by atoms with E-state index < -0.39 is 5.97 Å². The van der Waals surface area contributed by atoms with Gasteiger partial charge in [0.15, 0.2) is 0 Å². The predicted octanol–water partition coefficient (Wildman–Crippen LogP) is 1.78. The third-order valence-electron chi connectivity index (χ3n) is 1.44. The van der Waals surface area contributed by atoms with Gasteiger partial charge in [-0.05, 0) is 19.1 Å². The number of aliphatic hydroxyl groups excluding tert-OH is 1. The lowest BCUT2D eigenvalue weighted by Crippen LogP contribution is -2.05. The van der Waals surface area contributed by atoms with E-state index in [0.29, 0.717) is 12.0 Å². The van der Waals surface area contributed by atoms with Crippen molar-refractivity contribution in [2.24, 2.45) is 0 Å². The zero-order valence-electron chi connectivity index (χ0n) is 7.19. The minimum absolute atomic E-state index is 0.0804. The quantitative estimate of drug-likeness (QED) is 0.439. The molecule has 0 saturated heterocycles. The van der Waals surface area contributed by atoms with Gasteiger partial charge in [0, 0.05) is 0 Å². The Kier molecular flexibility index (Phi) is 3.14. The molecule has 70 valence electrons. The maximum Gasteiger partial charge on any atom is 0.337 e. The van der Waals surface area contributed by atoms with Crippen molar-refractivity contribution in [1.82, 2.24) is 0 Å². The van der Waals surface area contributed by atoms with Crippen molar-refractivity contribution in [2.45, 2.75) is 13.5 Å². The summed E-state index contributed by atoms with van der Waals surface area (Å²) in [5, 5.41) is 8.48. The van der Waals surface area contributed by atoms with Gasteiger partial charge in [0.1, 0.15) is 12.4 Å². The lowest BCUT2D eigenvalue weighted by Gasteiger charge is -2.00. The molecule has 4 nitrogen and oxygen atoms in total. The molecule has 13 heavy (non-hydrogen) atoms. The number of ether oxygens (including phenoxy) is 1. The summed E-state index contributed by atoms with van der Waals surface area (Å²) >= 11 is 0. The molecule has 1 aromatic rings. The molecule has 1 N–H and O–H groups in total. The first kappa shape index (κ1) is 9.38. The van der Waals surface area contributed by atoms with Gasteiger partial charge in [-0.15, -0.1) is 0 Å². The highest BCUT2D eigenvalue weighted by atomic mass is 16.5. The highest BCUT2D eigenvalue weighted by Gasteiger charge is 2.06. The molecule has 0 aromatic carbocycles. The van der Waals surface area contributed by atoms with Crippen molar-refractivity contribution in [3.8, 4) is 0 Å². The molecule has 4 heteroatoms. The number of aliphatic hydroxyl groups is 1. The van der Waals surface area contributed by atoms with Gasteiger partial charge in [-0.25, -0.2) is 4.79 Å². The summed E-state index contributed by atoms with van der Waals surface area (Å²) in [7, 11) is 0. The fourth-order valence-electron chi connectivity index (χ4n) is 0.698. The first-order chi connectivity index (χ1) is 6.24. The average molecular weight is 182 g/mol. The Morgan fingerprint density at radius 1 is 1.77 bits per heavy atom. The summed E-state index contributed by atoms with van der Waals surface area (Å²) in [4.78, 5) is 11.0. The molecule has 0 aliphatic rings. The predicted molar refractivity (Wildman–Crippen MR) is 44.9 cm³/mol. The molecule has 0 spiro atoms. The van der Waals surface area contributed by atoms with Crippen LogP contribution in [0.5, 0.6) is 0 Å². The highest BCUT2D eigenvalue weighted by Crippen LogP contribution is 2.04. The molecule has 0 radical (unpaired) electrons. The van der Waals surface area contributed by atoms with E-state index >= 15 is 0 Å². The molecule has 0 aliphatic carbocycles. The number of rotatable bonds is 3. The van der Waals surface area contributed by atoms with E-state index in [1.807, 2.05) is 0 Å². The number of hydrogen-bond donors (Lipinski definition) is 1. The molecule has 0 saturated carbocycles. The second kappa shape index (κ2) is 4.35. The van der Waals surface area contributed by atoms with E-state index in [2.05, 4.69) is 0 Å². The molecule has 0 unspecified atom stereocenters. The molecule has 0 aliphatic heterocycles. The fraction of sp³-hybridized carbons (Fsp3) is 0.222. The molecular weight excluding hydrogens is 172 g/mol. The number of carbonyl (C=O) groups excluding carboxylic acids is 1. The Labute approximate surface area is 75.4 Å².